The van der Waals surface area contributed by atoms with Gasteiger partial charge >= 0.3 is 0 Å². The van der Waals surface area contributed by atoms with Crippen LogP contribution >= 0.6 is 0 Å². The lowest BCUT2D eigenvalue weighted by Crippen LogP contribution is -2.37. The van der Waals surface area contributed by atoms with Crippen molar-refractivity contribution in [2.45, 2.75) is 33.0 Å². The third-order valence-electron chi connectivity index (χ3n) is 4.38. The van der Waals surface area contributed by atoms with Crippen LogP contribution in [0.25, 0.3) is 5.65 Å². The molecule has 2 heterocycles. The van der Waals surface area contributed by atoms with E-state index in [4.69, 9.17) is 0 Å². The number of imidazole rings is 1. The molecule has 0 atom stereocenters. The van der Waals surface area contributed by atoms with Crippen molar-refractivity contribution in [3.05, 3.63) is 71.7 Å². The van der Waals surface area contributed by atoms with Crippen LogP contribution < -0.4 is 0 Å². The first kappa shape index (κ1) is 18.1. The summed E-state index contributed by atoms with van der Waals surface area (Å²) in [6.45, 7) is 5.32. The normalized spacial score (nSPS) is 11.5. The van der Waals surface area contributed by atoms with Gasteiger partial charge in [0.05, 0.1) is 5.69 Å². The fourth-order valence-electron chi connectivity index (χ4n) is 3.07. The van der Waals surface area contributed by atoms with Crippen molar-refractivity contribution in [1.82, 2.24) is 19.2 Å². The molecule has 0 N–H and O–H groups in total. The minimum atomic E-state index is -0.0237. The average Bonchev–Trinajstić information content (AvgIpc) is 2.98. The lowest BCUT2D eigenvalue weighted by atomic mass is 10.1. The number of rotatable bonds is 6. The molecule has 26 heavy (non-hydrogen) atoms. The smallest absolute Gasteiger partial charge is 0.274 e. The lowest BCUT2D eigenvalue weighted by molar-refractivity contribution is 0.0683. The molecule has 0 aliphatic heterocycles. The zero-order valence-electron chi connectivity index (χ0n) is 15.9. The van der Waals surface area contributed by atoms with Crippen LogP contribution in [-0.2, 0) is 13.1 Å². The first-order valence-electron chi connectivity index (χ1n) is 8.93. The molecule has 0 aliphatic carbocycles. The van der Waals surface area contributed by atoms with Crippen LogP contribution in [-0.4, -0.2) is 45.2 Å². The summed E-state index contributed by atoms with van der Waals surface area (Å²) < 4.78 is 2.01. The number of nitrogens with zero attached hydrogens (tertiary/aromatic N) is 4. The van der Waals surface area contributed by atoms with Crippen LogP contribution in [0.3, 0.4) is 0 Å². The predicted molar refractivity (Wildman–Crippen MR) is 104 cm³/mol. The molecule has 3 aromatic rings. The van der Waals surface area contributed by atoms with E-state index < -0.39 is 0 Å². The van der Waals surface area contributed by atoms with Crippen molar-refractivity contribution in [3.63, 3.8) is 0 Å². The second kappa shape index (κ2) is 7.70. The van der Waals surface area contributed by atoms with Crippen LogP contribution in [0.1, 0.15) is 35.6 Å². The zero-order chi connectivity index (χ0) is 18.7. The second-order valence-corrected chi connectivity index (χ2v) is 7.09. The highest BCUT2D eigenvalue weighted by Gasteiger charge is 2.26. The van der Waals surface area contributed by atoms with E-state index in [1.807, 2.05) is 92.0 Å². The maximum atomic E-state index is 13.4. The van der Waals surface area contributed by atoms with Crippen molar-refractivity contribution in [1.29, 1.82) is 0 Å². The SMILES string of the molecule is CC(C)N(Cc1ccccc1)C(=O)c1nc2ccccn2c1CN(C)C. The molecular weight excluding hydrogens is 324 g/mol. The highest BCUT2D eigenvalue weighted by Crippen LogP contribution is 2.19. The van der Waals surface area contributed by atoms with Gasteiger partial charge in [0.2, 0.25) is 0 Å². The number of amides is 1. The van der Waals surface area contributed by atoms with Crippen molar-refractivity contribution in [2.75, 3.05) is 14.1 Å². The molecule has 136 valence electrons. The van der Waals surface area contributed by atoms with Gasteiger partial charge < -0.3 is 14.2 Å². The largest absolute Gasteiger partial charge is 0.330 e. The number of benzene rings is 1. The van der Waals surface area contributed by atoms with Crippen molar-refractivity contribution in [2.24, 2.45) is 0 Å². The van der Waals surface area contributed by atoms with Crippen molar-refractivity contribution >= 4 is 11.6 Å². The van der Waals surface area contributed by atoms with Gasteiger partial charge in [-0.1, -0.05) is 36.4 Å². The standard InChI is InChI=1S/C21H26N4O/c1-16(2)25(14-17-10-6-5-7-11-17)21(26)20-18(15-23(3)4)24-13-9-8-12-19(24)22-20/h5-13,16H,14-15H2,1-4H3. The van der Waals surface area contributed by atoms with Gasteiger partial charge in [0, 0.05) is 25.3 Å². The molecule has 3 rings (SSSR count). The maximum absolute atomic E-state index is 13.4. The van der Waals surface area contributed by atoms with Crippen molar-refractivity contribution < 1.29 is 4.79 Å². The van der Waals surface area contributed by atoms with Gasteiger partial charge in [-0.05, 0) is 45.6 Å². The van der Waals surface area contributed by atoms with Gasteiger partial charge in [0.1, 0.15) is 5.65 Å². The molecule has 2 aromatic heterocycles. The quantitative estimate of drug-likeness (QED) is 0.684. The predicted octanol–water partition coefficient (Wildman–Crippen LogP) is 3.45. The molecule has 0 fully saturated rings. The summed E-state index contributed by atoms with van der Waals surface area (Å²) in [7, 11) is 4.00. The number of carbonyl (C=O) groups is 1. The maximum Gasteiger partial charge on any atom is 0.274 e. The van der Waals surface area contributed by atoms with Crippen LogP contribution in [0.4, 0.5) is 0 Å². The van der Waals surface area contributed by atoms with E-state index in [9.17, 15) is 4.79 Å². The molecule has 0 spiro atoms. The summed E-state index contributed by atoms with van der Waals surface area (Å²) in [4.78, 5) is 22.0. The highest BCUT2D eigenvalue weighted by atomic mass is 16.2. The topological polar surface area (TPSA) is 40.9 Å². The molecule has 0 aliphatic rings. The Hall–Kier alpha value is -2.66. The molecular formula is C21H26N4O. The molecule has 1 aromatic carbocycles. The lowest BCUT2D eigenvalue weighted by Gasteiger charge is -2.27. The van der Waals surface area contributed by atoms with Gasteiger partial charge in [0.25, 0.3) is 5.91 Å². The zero-order valence-corrected chi connectivity index (χ0v) is 15.9. The van der Waals surface area contributed by atoms with E-state index in [-0.39, 0.29) is 11.9 Å². The Labute approximate surface area is 154 Å². The van der Waals surface area contributed by atoms with Gasteiger partial charge in [-0.2, -0.15) is 0 Å². The van der Waals surface area contributed by atoms with Crippen LogP contribution in [0, 0.1) is 0 Å². The molecule has 0 saturated carbocycles. The van der Waals surface area contributed by atoms with Gasteiger partial charge in [0.15, 0.2) is 5.69 Å². The Morgan fingerprint density at radius 2 is 1.73 bits per heavy atom. The van der Waals surface area contributed by atoms with Gasteiger partial charge in [-0.3, -0.25) is 4.79 Å². The molecule has 5 heteroatoms. The summed E-state index contributed by atoms with van der Waals surface area (Å²) in [5, 5.41) is 0. The summed E-state index contributed by atoms with van der Waals surface area (Å²) in [5.41, 5.74) is 3.38. The summed E-state index contributed by atoms with van der Waals surface area (Å²) in [6, 6.07) is 16.0. The molecule has 0 unspecified atom stereocenters. The molecule has 0 bridgehead atoms. The Morgan fingerprint density at radius 1 is 1.04 bits per heavy atom. The van der Waals surface area contributed by atoms with Gasteiger partial charge in [-0.15, -0.1) is 0 Å². The van der Waals surface area contributed by atoms with Crippen LogP contribution in [0.2, 0.25) is 0 Å². The number of aromatic nitrogens is 2. The Bertz CT molecular complexity index is 883. The summed E-state index contributed by atoms with van der Waals surface area (Å²) >= 11 is 0. The average molecular weight is 350 g/mol. The van der Waals surface area contributed by atoms with E-state index in [2.05, 4.69) is 9.88 Å². The Kier molecular flexibility index (Phi) is 5.38. The molecule has 0 radical (unpaired) electrons. The fourth-order valence-corrected chi connectivity index (χ4v) is 3.07. The first-order chi connectivity index (χ1) is 12.5. The number of hydrogen-bond donors (Lipinski definition) is 0. The van der Waals surface area contributed by atoms with E-state index in [1.165, 1.54) is 0 Å². The highest BCUT2D eigenvalue weighted by molar-refractivity contribution is 5.94. The molecule has 5 nitrogen and oxygen atoms in total. The minimum Gasteiger partial charge on any atom is -0.330 e. The van der Waals surface area contributed by atoms with E-state index in [0.717, 1.165) is 16.9 Å². The third-order valence-corrected chi connectivity index (χ3v) is 4.38. The number of hydrogen-bond acceptors (Lipinski definition) is 3. The number of pyridine rings is 1. The van der Waals surface area contributed by atoms with Crippen molar-refractivity contribution in [3.8, 4) is 0 Å². The Morgan fingerprint density at radius 3 is 2.38 bits per heavy atom. The third kappa shape index (κ3) is 3.78. The van der Waals surface area contributed by atoms with Crippen LogP contribution in [0.5, 0.6) is 0 Å². The summed E-state index contributed by atoms with van der Waals surface area (Å²) in [6.07, 6.45) is 1.97. The monoisotopic (exact) mass is 350 g/mol. The van der Waals surface area contributed by atoms with E-state index in [1.54, 1.807) is 0 Å². The second-order valence-electron chi connectivity index (χ2n) is 7.09. The summed E-state index contributed by atoms with van der Waals surface area (Å²) in [5.74, 6) is -0.0237. The number of carbonyl (C=O) groups excluding carboxylic acids is 1. The van der Waals surface area contributed by atoms with Gasteiger partial charge in [-0.25, -0.2) is 4.98 Å². The minimum absolute atomic E-state index is 0.0237. The first-order valence-corrected chi connectivity index (χ1v) is 8.93. The van der Waals surface area contributed by atoms with Crippen LogP contribution in [0.15, 0.2) is 54.7 Å². The molecule has 1 amide bonds. The van der Waals surface area contributed by atoms with E-state index in [0.29, 0.717) is 18.8 Å². The number of fused-ring (bicyclic) bond motifs is 1. The van der Waals surface area contributed by atoms with E-state index >= 15 is 0 Å². The molecule has 0 saturated heterocycles. The fraction of sp³-hybridized carbons (Fsp3) is 0.333. The Balaban J connectivity index is 2.01.